The van der Waals surface area contributed by atoms with Crippen LogP contribution in [0, 0.1) is 0 Å². The molecule has 2 aromatic carbocycles. The fourth-order valence-corrected chi connectivity index (χ4v) is 3.08. The van der Waals surface area contributed by atoms with E-state index in [4.69, 9.17) is 11.6 Å². The number of carbonyl (C=O) groups is 2. The molecule has 0 aliphatic rings. The van der Waals surface area contributed by atoms with Crippen molar-refractivity contribution in [2.24, 2.45) is 0 Å². The Morgan fingerprint density at radius 3 is 2.38 bits per heavy atom. The van der Waals surface area contributed by atoms with E-state index in [1.54, 1.807) is 6.20 Å². The largest absolute Gasteiger partial charge is 0.345 e. The maximum absolute atomic E-state index is 12.7. The summed E-state index contributed by atoms with van der Waals surface area (Å²) >= 11 is 6.27. The lowest BCUT2D eigenvalue weighted by Crippen LogP contribution is -2.44. The van der Waals surface area contributed by atoms with E-state index in [1.165, 1.54) is 0 Å². The van der Waals surface area contributed by atoms with Gasteiger partial charge in [0.05, 0.1) is 5.56 Å². The Hall–Kier alpha value is -2.59. The zero-order chi connectivity index (χ0) is 18.9. The summed E-state index contributed by atoms with van der Waals surface area (Å²) in [6, 6.07) is 15.2. The summed E-state index contributed by atoms with van der Waals surface area (Å²) in [5.41, 5.74) is 1.77. The van der Waals surface area contributed by atoms with Gasteiger partial charge in [0.2, 0.25) is 0 Å². The number of hydrogen-bond acceptors (Lipinski definition) is 2. The van der Waals surface area contributed by atoms with Gasteiger partial charge in [-0.2, -0.15) is 0 Å². The number of Topliss-reactive ketones (excluding diaryl/α,β-unsaturated/α-hetero) is 1. The monoisotopic (exact) mass is 368 g/mol. The van der Waals surface area contributed by atoms with Crippen LogP contribution < -0.4 is 5.32 Å². The molecule has 1 N–H and O–H groups in total. The second-order valence-corrected chi connectivity index (χ2v) is 7.72. The Morgan fingerprint density at radius 1 is 1.04 bits per heavy atom. The molecule has 0 aliphatic heterocycles. The van der Waals surface area contributed by atoms with Gasteiger partial charge in [0.15, 0.2) is 0 Å². The Balaban J connectivity index is 2.01. The van der Waals surface area contributed by atoms with E-state index in [9.17, 15) is 9.59 Å². The number of halogens is 1. The maximum Gasteiger partial charge on any atom is 0.292 e. The molecule has 0 saturated carbocycles. The molecule has 0 atom stereocenters. The quantitative estimate of drug-likeness (QED) is 0.546. The number of nitrogens with one attached hydrogen (secondary N) is 1. The lowest BCUT2D eigenvalue weighted by molar-refractivity contribution is -0.118. The van der Waals surface area contributed by atoms with E-state index in [-0.39, 0.29) is 0 Å². The zero-order valence-corrected chi connectivity index (χ0v) is 15.8. The first-order chi connectivity index (χ1) is 12.3. The number of hydrogen-bond donors (Lipinski definition) is 1. The summed E-state index contributed by atoms with van der Waals surface area (Å²) in [6.45, 7) is 6.06. The number of aromatic nitrogens is 1. The highest BCUT2D eigenvalue weighted by Gasteiger charge is 2.25. The van der Waals surface area contributed by atoms with Crippen LogP contribution in [0.3, 0.4) is 0 Å². The number of nitrogens with zero attached hydrogens (tertiary/aromatic N) is 1. The molecule has 0 bridgehead atoms. The number of fused-ring (bicyclic) bond motifs is 1. The molecule has 3 aromatic rings. The van der Waals surface area contributed by atoms with Gasteiger partial charge < -0.3 is 9.88 Å². The first-order valence-corrected chi connectivity index (χ1v) is 8.82. The van der Waals surface area contributed by atoms with Crippen LogP contribution in [0.5, 0.6) is 0 Å². The minimum absolute atomic E-state index is 0.398. The van der Waals surface area contributed by atoms with Crippen LogP contribution in [0.1, 0.15) is 36.7 Å². The number of ketones is 1. The Bertz CT molecular complexity index is 983. The van der Waals surface area contributed by atoms with E-state index in [0.29, 0.717) is 17.1 Å². The summed E-state index contributed by atoms with van der Waals surface area (Å²) in [4.78, 5) is 25.1. The van der Waals surface area contributed by atoms with Gasteiger partial charge in [-0.3, -0.25) is 9.59 Å². The molecular weight excluding hydrogens is 348 g/mol. The Kier molecular flexibility index (Phi) is 4.88. The Morgan fingerprint density at radius 2 is 1.69 bits per heavy atom. The molecule has 4 nitrogen and oxygen atoms in total. The highest BCUT2D eigenvalue weighted by molar-refractivity contribution is 6.45. The van der Waals surface area contributed by atoms with Gasteiger partial charge in [0, 0.05) is 34.2 Å². The van der Waals surface area contributed by atoms with E-state index in [0.717, 1.165) is 16.5 Å². The first kappa shape index (κ1) is 18.2. The normalized spacial score (nSPS) is 11.5. The van der Waals surface area contributed by atoms with Crippen molar-refractivity contribution in [2.75, 3.05) is 0 Å². The van der Waals surface area contributed by atoms with Crippen LogP contribution >= 0.6 is 11.6 Å². The highest BCUT2D eigenvalue weighted by atomic mass is 35.5. The minimum Gasteiger partial charge on any atom is -0.345 e. The average molecular weight is 369 g/mol. The van der Waals surface area contributed by atoms with Crippen molar-refractivity contribution in [1.82, 2.24) is 9.88 Å². The summed E-state index contributed by atoms with van der Waals surface area (Å²) < 4.78 is 1.95. The molecular formula is C21H21ClN2O2. The van der Waals surface area contributed by atoms with Crippen LogP contribution in [-0.4, -0.2) is 21.8 Å². The van der Waals surface area contributed by atoms with Gasteiger partial charge in [0.25, 0.3) is 11.7 Å². The van der Waals surface area contributed by atoms with Crippen molar-refractivity contribution >= 4 is 34.2 Å². The fraction of sp³-hybridized carbons (Fsp3) is 0.238. The standard InChI is InChI=1S/C21H21ClN2O2/c1-21(2,3)23-20(26)19(25)16-13-24(18-11-7-5-9-15(16)18)12-14-8-4-6-10-17(14)22/h4-11,13H,12H2,1-3H3,(H,23,26). The van der Waals surface area contributed by atoms with Gasteiger partial charge in [-0.25, -0.2) is 0 Å². The molecule has 0 fully saturated rings. The number of amides is 1. The molecule has 1 aromatic heterocycles. The van der Waals surface area contributed by atoms with Gasteiger partial charge in [-0.15, -0.1) is 0 Å². The lowest BCUT2D eigenvalue weighted by atomic mass is 10.1. The second kappa shape index (κ2) is 6.96. The molecule has 1 amide bonds. The number of carbonyl (C=O) groups excluding carboxylic acids is 2. The van der Waals surface area contributed by atoms with Crippen molar-refractivity contribution in [3.63, 3.8) is 0 Å². The van der Waals surface area contributed by atoms with Crippen molar-refractivity contribution in [3.8, 4) is 0 Å². The molecule has 26 heavy (non-hydrogen) atoms. The average Bonchev–Trinajstić information content (AvgIpc) is 2.93. The third-order valence-electron chi connectivity index (χ3n) is 4.03. The van der Waals surface area contributed by atoms with E-state index in [2.05, 4.69) is 5.32 Å². The molecule has 0 aliphatic carbocycles. The zero-order valence-electron chi connectivity index (χ0n) is 15.0. The molecule has 0 radical (unpaired) electrons. The van der Waals surface area contributed by atoms with Crippen LogP contribution in [0.4, 0.5) is 0 Å². The lowest BCUT2D eigenvalue weighted by Gasteiger charge is -2.19. The van der Waals surface area contributed by atoms with E-state index in [1.807, 2.05) is 73.9 Å². The fourth-order valence-electron chi connectivity index (χ4n) is 2.89. The van der Waals surface area contributed by atoms with Crippen LogP contribution in [0.2, 0.25) is 5.02 Å². The van der Waals surface area contributed by atoms with Crippen LogP contribution in [0.25, 0.3) is 10.9 Å². The predicted molar refractivity (Wildman–Crippen MR) is 105 cm³/mol. The maximum atomic E-state index is 12.7. The molecule has 3 rings (SSSR count). The summed E-state index contributed by atoms with van der Waals surface area (Å²) in [5, 5.41) is 4.16. The number of benzene rings is 2. The van der Waals surface area contributed by atoms with Gasteiger partial charge in [-0.05, 0) is 38.5 Å². The third kappa shape index (κ3) is 3.81. The number of rotatable bonds is 4. The molecule has 134 valence electrons. The van der Waals surface area contributed by atoms with Crippen molar-refractivity contribution in [1.29, 1.82) is 0 Å². The Labute approximate surface area is 157 Å². The predicted octanol–water partition coefficient (Wildman–Crippen LogP) is 4.44. The summed E-state index contributed by atoms with van der Waals surface area (Å²) in [5.74, 6) is -1.13. The SMILES string of the molecule is CC(C)(C)NC(=O)C(=O)c1cn(Cc2ccccc2Cl)c2ccccc12. The third-order valence-corrected chi connectivity index (χ3v) is 4.40. The summed E-state index contributed by atoms with van der Waals surface area (Å²) in [7, 11) is 0. The second-order valence-electron chi connectivity index (χ2n) is 7.31. The van der Waals surface area contributed by atoms with Crippen molar-refractivity contribution in [2.45, 2.75) is 32.9 Å². The molecule has 0 unspecified atom stereocenters. The first-order valence-electron chi connectivity index (χ1n) is 8.44. The molecule has 0 saturated heterocycles. The van der Waals surface area contributed by atoms with Crippen molar-refractivity contribution in [3.05, 3.63) is 70.9 Å². The smallest absolute Gasteiger partial charge is 0.292 e. The topological polar surface area (TPSA) is 51.1 Å². The van der Waals surface area contributed by atoms with E-state index >= 15 is 0 Å². The van der Waals surface area contributed by atoms with Crippen LogP contribution in [-0.2, 0) is 11.3 Å². The summed E-state index contributed by atoms with van der Waals surface area (Å²) in [6.07, 6.45) is 1.73. The minimum atomic E-state index is -0.599. The van der Waals surface area contributed by atoms with Crippen LogP contribution in [0.15, 0.2) is 54.7 Å². The molecule has 5 heteroatoms. The van der Waals surface area contributed by atoms with Crippen molar-refractivity contribution < 1.29 is 9.59 Å². The van der Waals surface area contributed by atoms with Gasteiger partial charge >= 0.3 is 0 Å². The van der Waals surface area contributed by atoms with E-state index < -0.39 is 17.2 Å². The van der Waals surface area contributed by atoms with Gasteiger partial charge in [-0.1, -0.05) is 48.0 Å². The number of para-hydroxylation sites is 1. The molecule has 0 spiro atoms. The highest BCUT2D eigenvalue weighted by Crippen LogP contribution is 2.25. The van der Waals surface area contributed by atoms with Gasteiger partial charge in [0.1, 0.15) is 0 Å². The molecule has 1 heterocycles.